The molecule has 2 unspecified atom stereocenters. The number of nitriles is 1. The molecule has 4 nitrogen and oxygen atoms in total. The van der Waals surface area contributed by atoms with Crippen LogP contribution in [0.4, 0.5) is 13.2 Å². The molecule has 1 aliphatic rings. The minimum Gasteiger partial charge on any atom is -0.207 e. The molecule has 1 aromatic rings. The lowest BCUT2D eigenvalue weighted by atomic mass is 10.1. The van der Waals surface area contributed by atoms with Crippen molar-refractivity contribution in [3.8, 4) is 6.07 Å². The molecule has 0 amide bonds. The van der Waals surface area contributed by atoms with Crippen molar-refractivity contribution in [2.75, 3.05) is 0 Å². The Hall–Kier alpha value is -1.59. The van der Waals surface area contributed by atoms with Crippen molar-refractivity contribution in [3.05, 3.63) is 29.8 Å². The van der Waals surface area contributed by atoms with Gasteiger partial charge < -0.3 is 0 Å². The first-order valence-electron chi connectivity index (χ1n) is 6.33. The molecule has 2 atom stereocenters. The molecule has 1 saturated carbocycles. The Labute approximate surface area is 120 Å². The van der Waals surface area contributed by atoms with Gasteiger partial charge in [-0.05, 0) is 31.0 Å². The zero-order valence-corrected chi connectivity index (χ0v) is 11.7. The first-order chi connectivity index (χ1) is 9.74. The van der Waals surface area contributed by atoms with E-state index in [0.717, 1.165) is 18.2 Å². The van der Waals surface area contributed by atoms with Gasteiger partial charge in [-0.2, -0.15) is 18.4 Å². The zero-order chi connectivity index (χ0) is 15.7. The summed E-state index contributed by atoms with van der Waals surface area (Å²) in [6, 6.07) is 5.03. The molecule has 0 bridgehead atoms. The van der Waals surface area contributed by atoms with E-state index in [9.17, 15) is 21.6 Å². The van der Waals surface area contributed by atoms with Gasteiger partial charge in [-0.1, -0.05) is 12.5 Å². The van der Waals surface area contributed by atoms with Crippen molar-refractivity contribution in [1.82, 2.24) is 4.72 Å². The summed E-state index contributed by atoms with van der Waals surface area (Å²) in [6.45, 7) is 0. The number of nitrogens with one attached hydrogen (secondary N) is 1. The Morgan fingerprint density at radius 3 is 2.62 bits per heavy atom. The van der Waals surface area contributed by atoms with Gasteiger partial charge in [0.05, 0.1) is 22.4 Å². The number of benzene rings is 1. The zero-order valence-electron chi connectivity index (χ0n) is 10.9. The van der Waals surface area contributed by atoms with Crippen molar-refractivity contribution < 1.29 is 21.6 Å². The molecule has 114 valence electrons. The number of hydrogen-bond donors (Lipinski definition) is 1. The molecule has 0 spiro atoms. The van der Waals surface area contributed by atoms with Gasteiger partial charge in [0.25, 0.3) is 0 Å². The molecule has 0 radical (unpaired) electrons. The van der Waals surface area contributed by atoms with Gasteiger partial charge in [0.2, 0.25) is 10.0 Å². The fraction of sp³-hybridized carbons (Fsp3) is 0.462. The average molecular weight is 318 g/mol. The molecule has 0 aliphatic heterocycles. The maximum atomic E-state index is 12.6. The van der Waals surface area contributed by atoms with E-state index in [1.807, 2.05) is 6.07 Å². The minimum absolute atomic E-state index is 0.439. The molecule has 2 rings (SSSR count). The van der Waals surface area contributed by atoms with Gasteiger partial charge in [0.1, 0.15) is 0 Å². The Morgan fingerprint density at radius 2 is 2.00 bits per heavy atom. The summed E-state index contributed by atoms with van der Waals surface area (Å²) in [7, 11) is -4.07. The van der Waals surface area contributed by atoms with Crippen LogP contribution in [-0.4, -0.2) is 14.5 Å². The SMILES string of the molecule is N#CC1CCCC1NS(=O)(=O)c1cccc(C(F)(F)F)c1. The first kappa shape index (κ1) is 15.8. The smallest absolute Gasteiger partial charge is 0.207 e. The van der Waals surface area contributed by atoms with Crippen LogP contribution in [0.5, 0.6) is 0 Å². The second kappa shape index (κ2) is 5.66. The summed E-state index contributed by atoms with van der Waals surface area (Å²) in [5, 5.41) is 8.92. The summed E-state index contributed by atoms with van der Waals surface area (Å²) in [5.41, 5.74) is -1.02. The van der Waals surface area contributed by atoms with Crippen LogP contribution in [0.15, 0.2) is 29.2 Å². The highest BCUT2D eigenvalue weighted by atomic mass is 32.2. The van der Waals surface area contributed by atoms with Crippen molar-refractivity contribution in [1.29, 1.82) is 5.26 Å². The van der Waals surface area contributed by atoms with E-state index in [1.54, 1.807) is 0 Å². The molecule has 0 heterocycles. The minimum atomic E-state index is -4.60. The van der Waals surface area contributed by atoms with Crippen LogP contribution in [0.25, 0.3) is 0 Å². The third kappa shape index (κ3) is 3.54. The van der Waals surface area contributed by atoms with E-state index < -0.39 is 38.6 Å². The monoisotopic (exact) mass is 318 g/mol. The Balaban J connectivity index is 2.26. The van der Waals surface area contributed by atoms with Crippen molar-refractivity contribution in [3.63, 3.8) is 0 Å². The van der Waals surface area contributed by atoms with Gasteiger partial charge in [0.15, 0.2) is 0 Å². The number of alkyl halides is 3. The van der Waals surface area contributed by atoms with Crippen molar-refractivity contribution in [2.45, 2.75) is 36.4 Å². The number of sulfonamides is 1. The van der Waals surface area contributed by atoms with Gasteiger partial charge in [-0.25, -0.2) is 13.1 Å². The van der Waals surface area contributed by atoms with Crippen LogP contribution in [0, 0.1) is 17.2 Å². The van der Waals surface area contributed by atoms with Crippen LogP contribution < -0.4 is 4.72 Å². The maximum absolute atomic E-state index is 12.6. The van der Waals surface area contributed by atoms with Gasteiger partial charge in [0, 0.05) is 6.04 Å². The third-order valence-electron chi connectivity index (χ3n) is 3.46. The molecule has 1 fully saturated rings. The highest BCUT2D eigenvalue weighted by Crippen LogP contribution is 2.31. The predicted octanol–water partition coefficient (Wildman–Crippen LogP) is 2.68. The summed E-state index contributed by atoms with van der Waals surface area (Å²) in [4.78, 5) is -0.444. The van der Waals surface area contributed by atoms with Crippen LogP contribution in [0.2, 0.25) is 0 Å². The van der Waals surface area contributed by atoms with Crippen LogP contribution >= 0.6 is 0 Å². The van der Waals surface area contributed by atoms with Crippen molar-refractivity contribution >= 4 is 10.0 Å². The lowest BCUT2D eigenvalue weighted by molar-refractivity contribution is -0.137. The van der Waals surface area contributed by atoms with E-state index in [4.69, 9.17) is 5.26 Å². The standard InChI is InChI=1S/C13H13F3N2O2S/c14-13(15,16)10-4-2-5-11(7-10)21(19,20)18-12-6-1-3-9(12)8-17/h2,4-5,7,9,12,18H,1,3,6H2. The molecule has 0 saturated heterocycles. The molecule has 1 aliphatic carbocycles. The fourth-order valence-electron chi connectivity index (χ4n) is 2.36. The Kier molecular flexibility index (Phi) is 4.25. The summed E-state index contributed by atoms with van der Waals surface area (Å²) in [5.74, 6) is -0.439. The molecule has 1 N–H and O–H groups in total. The first-order valence-corrected chi connectivity index (χ1v) is 7.81. The fourth-order valence-corrected chi connectivity index (χ4v) is 3.72. The largest absolute Gasteiger partial charge is 0.416 e. The normalized spacial score (nSPS) is 23.0. The lowest BCUT2D eigenvalue weighted by Gasteiger charge is -2.16. The number of hydrogen-bond acceptors (Lipinski definition) is 3. The van der Waals surface area contributed by atoms with Crippen LogP contribution in [0.1, 0.15) is 24.8 Å². The topological polar surface area (TPSA) is 70.0 Å². The molecule has 21 heavy (non-hydrogen) atoms. The molecule has 8 heteroatoms. The van der Waals surface area contributed by atoms with Gasteiger partial charge in [-0.3, -0.25) is 0 Å². The van der Waals surface area contributed by atoms with E-state index in [-0.39, 0.29) is 0 Å². The summed E-state index contributed by atoms with van der Waals surface area (Å²) < 4.78 is 64.5. The van der Waals surface area contributed by atoms with Crippen LogP contribution in [-0.2, 0) is 16.2 Å². The number of halogens is 3. The van der Waals surface area contributed by atoms with Gasteiger partial charge in [-0.15, -0.1) is 0 Å². The predicted molar refractivity (Wildman–Crippen MR) is 68.5 cm³/mol. The van der Waals surface area contributed by atoms with E-state index in [0.29, 0.717) is 25.3 Å². The summed E-state index contributed by atoms with van der Waals surface area (Å²) in [6.07, 6.45) is -2.79. The van der Waals surface area contributed by atoms with Crippen LogP contribution in [0.3, 0.4) is 0 Å². The number of nitrogens with zero attached hydrogens (tertiary/aromatic N) is 1. The maximum Gasteiger partial charge on any atom is 0.416 e. The second-order valence-corrected chi connectivity index (χ2v) is 6.63. The molecule has 1 aromatic carbocycles. The highest BCUT2D eigenvalue weighted by molar-refractivity contribution is 7.89. The lowest BCUT2D eigenvalue weighted by Crippen LogP contribution is -2.36. The average Bonchev–Trinajstić information content (AvgIpc) is 2.84. The Morgan fingerprint density at radius 1 is 1.29 bits per heavy atom. The molecule has 0 aromatic heterocycles. The molecular weight excluding hydrogens is 305 g/mol. The Bertz CT molecular complexity index is 665. The number of rotatable bonds is 3. The second-order valence-electron chi connectivity index (χ2n) is 4.92. The van der Waals surface area contributed by atoms with E-state index >= 15 is 0 Å². The quantitative estimate of drug-likeness (QED) is 0.931. The van der Waals surface area contributed by atoms with E-state index in [2.05, 4.69) is 4.72 Å². The third-order valence-corrected chi connectivity index (χ3v) is 4.95. The molecular formula is C13H13F3N2O2S. The highest BCUT2D eigenvalue weighted by Gasteiger charge is 2.34. The van der Waals surface area contributed by atoms with Gasteiger partial charge >= 0.3 is 6.18 Å². The summed E-state index contributed by atoms with van der Waals surface area (Å²) >= 11 is 0. The van der Waals surface area contributed by atoms with Crippen molar-refractivity contribution in [2.24, 2.45) is 5.92 Å². The van der Waals surface area contributed by atoms with E-state index in [1.165, 1.54) is 0 Å².